The average Bonchev–Trinajstić information content (AvgIpc) is 3.28. The number of fused-ring (bicyclic) bond motifs is 2. The lowest BCUT2D eigenvalue weighted by molar-refractivity contribution is 0.0584. The van der Waals surface area contributed by atoms with Gasteiger partial charge in [-0.3, -0.25) is 9.89 Å². The van der Waals surface area contributed by atoms with E-state index in [-0.39, 0.29) is 36.2 Å². The van der Waals surface area contributed by atoms with Crippen LogP contribution in [0.4, 0.5) is 0 Å². The Labute approximate surface area is 158 Å². The van der Waals surface area contributed by atoms with E-state index >= 15 is 0 Å². The van der Waals surface area contributed by atoms with E-state index in [1.165, 1.54) is 15.3 Å². The number of nitrogens with one attached hydrogen (secondary N) is 1. The average molecular weight is 397 g/mol. The third-order valence-corrected chi connectivity index (χ3v) is 7.23. The van der Waals surface area contributed by atoms with Crippen molar-refractivity contribution < 1.29 is 8.42 Å². The van der Waals surface area contributed by atoms with E-state index in [9.17, 15) is 18.5 Å². The van der Waals surface area contributed by atoms with E-state index in [1.54, 1.807) is 19.2 Å². The number of rotatable bonds is 4. The SMILES string of the molecule is CCS(=O)(=O)N1CC(CC#N)(n2nc3c(=O)c4cnc5nccc(c3[nH]2)c54)C1. The Morgan fingerprint density at radius 3 is 2.82 bits per heavy atom. The maximum Gasteiger partial charge on any atom is 0.217 e. The predicted octanol–water partition coefficient (Wildman–Crippen LogP) is 0.533. The van der Waals surface area contributed by atoms with Crippen molar-refractivity contribution >= 4 is 42.9 Å². The van der Waals surface area contributed by atoms with Crippen molar-refractivity contribution in [2.75, 3.05) is 18.8 Å². The van der Waals surface area contributed by atoms with Gasteiger partial charge in [-0.1, -0.05) is 0 Å². The monoisotopic (exact) mass is 397 g/mol. The van der Waals surface area contributed by atoms with Crippen LogP contribution in [0.15, 0.2) is 23.3 Å². The number of nitrogens with zero attached hydrogens (tertiary/aromatic N) is 6. The lowest BCUT2D eigenvalue weighted by Crippen LogP contribution is -2.64. The van der Waals surface area contributed by atoms with Crippen molar-refractivity contribution in [1.82, 2.24) is 29.3 Å². The van der Waals surface area contributed by atoms with Crippen LogP contribution in [0, 0.1) is 11.3 Å². The number of aromatic amines is 1. The summed E-state index contributed by atoms with van der Waals surface area (Å²) in [7, 11) is -3.35. The molecule has 1 fully saturated rings. The summed E-state index contributed by atoms with van der Waals surface area (Å²) >= 11 is 0. The standard InChI is InChI=1S/C17H15N7O3S/c1-2-28(26,27)23-8-17(9-23,4-5-18)24-21-13-10-3-6-19-16-12(10)11(7-20-16)15(25)14(13)22-24/h3,6-7,21H,2,4,8-9H2,1H3. The summed E-state index contributed by atoms with van der Waals surface area (Å²) in [5.74, 6) is -0.00571. The maximum absolute atomic E-state index is 12.9. The zero-order valence-corrected chi connectivity index (χ0v) is 15.7. The molecule has 10 nitrogen and oxygen atoms in total. The third kappa shape index (κ3) is 2.07. The topological polar surface area (TPSA) is 138 Å². The molecule has 1 N–H and O–H groups in total. The molecule has 3 aromatic heterocycles. The van der Waals surface area contributed by atoms with Gasteiger partial charge in [-0.25, -0.2) is 18.4 Å². The van der Waals surface area contributed by atoms with Gasteiger partial charge in [0.2, 0.25) is 15.5 Å². The van der Waals surface area contributed by atoms with Crippen LogP contribution in [0.1, 0.15) is 13.3 Å². The predicted molar refractivity (Wildman–Crippen MR) is 101 cm³/mol. The van der Waals surface area contributed by atoms with Crippen LogP contribution < -0.4 is 5.43 Å². The normalized spacial score (nSPS) is 17.3. The minimum atomic E-state index is -3.35. The van der Waals surface area contributed by atoms with Gasteiger partial charge in [-0.05, 0) is 13.0 Å². The molecule has 4 aromatic rings. The molecule has 0 bridgehead atoms. The van der Waals surface area contributed by atoms with E-state index in [0.717, 1.165) is 5.39 Å². The number of H-pyrrole nitrogens is 1. The summed E-state index contributed by atoms with van der Waals surface area (Å²) in [6, 6.07) is 3.90. The quantitative estimate of drug-likeness (QED) is 0.530. The Morgan fingerprint density at radius 1 is 1.32 bits per heavy atom. The Morgan fingerprint density at radius 2 is 2.11 bits per heavy atom. The molecule has 0 radical (unpaired) electrons. The highest BCUT2D eigenvalue weighted by Crippen LogP contribution is 2.35. The van der Waals surface area contributed by atoms with Gasteiger partial charge in [0.05, 0.1) is 29.1 Å². The van der Waals surface area contributed by atoms with Gasteiger partial charge in [-0.2, -0.15) is 19.5 Å². The van der Waals surface area contributed by atoms with Crippen molar-refractivity contribution in [3.05, 3.63) is 28.7 Å². The fourth-order valence-corrected chi connectivity index (χ4v) is 5.11. The second-order valence-electron chi connectivity index (χ2n) is 7.03. The second-order valence-corrected chi connectivity index (χ2v) is 9.29. The van der Waals surface area contributed by atoms with Gasteiger partial charge in [0, 0.05) is 36.3 Å². The molecular weight excluding hydrogens is 382 g/mol. The first-order valence-corrected chi connectivity index (χ1v) is 10.3. The van der Waals surface area contributed by atoms with Crippen LogP contribution in [-0.4, -0.2) is 56.5 Å². The van der Waals surface area contributed by atoms with Gasteiger partial charge >= 0.3 is 0 Å². The zero-order chi connectivity index (χ0) is 19.7. The molecular formula is C17H15N7O3S. The van der Waals surface area contributed by atoms with E-state index in [4.69, 9.17) is 0 Å². The molecule has 1 aromatic carbocycles. The molecule has 28 heavy (non-hydrogen) atoms. The molecule has 11 heteroatoms. The first-order valence-electron chi connectivity index (χ1n) is 8.73. The molecule has 0 atom stereocenters. The fraction of sp³-hybridized carbons (Fsp3) is 0.353. The number of benzene rings is 1. The van der Waals surface area contributed by atoms with E-state index < -0.39 is 15.6 Å². The first kappa shape index (κ1) is 17.0. The van der Waals surface area contributed by atoms with Gasteiger partial charge in [0.15, 0.2) is 11.2 Å². The van der Waals surface area contributed by atoms with Gasteiger partial charge in [-0.15, -0.1) is 0 Å². The molecule has 1 saturated heterocycles. The van der Waals surface area contributed by atoms with Crippen molar-refractivity contribution in [3.8, 4) is 6.07 Å². The largest absolute Gasteiger partial charge is 0.287 e. The highest BCUT2D eigenvalue weighted by atomic mass is 32.2. The fourth-order valence-electron chi connectivity index (χ4n) is 3.87. The summed E-state index contributed by atoms with van der Waals surface area (Å²) in [4.78, 5) is 22.7. The maximum atomic E-state index is 12.9. The van der Waals surface area contributed by atoms with Gasteiger partial charge in [0.25, 0.3) is 0 Å². The lowest BCUT2D eigenvalue weighted by Gasteiger charge is -2.47. The molecule has 5 rings (SSSR count). The van der Waals surface area contributed by atoms with E-state index in [2.05, 4.69) is 26.2 Å². The first-order chi connectivity index (χ1) is 13.4. The Kier molecular flexibility index (Phi) is 3.32. The van der Waals surface area contributed by atoms with E-state index in [1.807, 2.05) is 0 Å². The lowest BCUT2D eigenvalue weighted by atomic mass is 9.90. The minimum absolute atomic E-state index is 0.00571. The summed E-state index contributed by atoms with van der Waals surface area (Å²) in [5, 5.41) is 18.8. The number of pyridine rings is 1. The van der Waals surface area contributed by atoms with Crippen LogP contribution in [0.5, 0.6) is 0 Å². The van der Waals surface area contributed by atoms with Crippen LogP contribution in [-0.2, 0) is 15.6 Å². The summed E-state index contributed by atoms with van der Waals surface area (Å²) in [5.41, 5.74) is 0.165. The smallest absolute Gasteiger partial charge is 0.217 e. The number of hydrogen-bond donors (Lipinski definition) is 1. The van der Waals surface area contributed by atoms with Crippen LogP contribution in [0.2, 0.25) is 0 Å². The molecule has 142 valence electrons. The number of hydrogen-bond acceptors (Lipinski definition) is 7. The van der Waals surface area contributed by atoms with Crippen molar-refractivity contribution in [2.24, 2.45) is 0 Å². The highest BCUT2D eigenvalue weighted by Gasteiger charge is 2.50. The third-order valence-electron chi connectivity index (χ3n) is 5.46. The molecule has 0 aliphatic carbocycles. The highest BCUT2D eigenvalue weighted by molar-refractivity contribution is 7.89. The molecule has 0 saturated carbocycles. The van der Waals surface area contributed by atoms with Gasteiger partial charge < -0.3 is 0 Å². The van der Waals surface area contributed by atoms with Crippen molar-refractivity contribution in [1.29, 1.82) is 5.26 Å². The van der Waals surface area contributed by atoms with Crippen LogP contribution >= 0.6 is 0 Å². The van der Waals surface area contributed by atoms with Crippen molar-refractivity contribution in [2.45, 2.75) is 18.9 Å². The summed E-state index contributed by atoms with van der Waals surface area (Å²) in [6.45, 7) is 1.85. The Hall–Kier alpha value is -3.10. The van der Waals surface area contributed by atoms with Gasteiger partial charge in [0.1, 0.15) is 5.54 Å². The Bertz CT molecular complexity index is 1440. The molecule has 4 heterocycles. The molecule has 0 unspecified atom stereocenters. The van der Waals surface area contributed by atoms with E-state index in [0.29, 0.717) is 21.9 Å². The van der Waals surface area contributed by atoms with Crippen LogP contribution in [0.25, 0.3) is 32.8 Å². The number of nitriles is 1. The Balaban J connectivity index is 1.71. The summed E-state index contributed by atoms with van der Waals surface area (Å²) < 4.78 is 25.6. The number of aromatic nitrogens is 5. The van der Waals surface area contributed by atoms with Crippen molar-refractivity contribution in [3.63, 3.8) is 0 Å². The second kappa shape index (κ2) is 5.46. The summed E-state index contributed by atoms with van der Waals surface area (Å²) in [6.07, 6.45) is 3.18. The minimum Gasteiger partial charge on any atom is -0.287 e. The molecule has 1 aliphatic heterocycles. The zero-order valence-electron chi connectivity index (χ0n) is 14.9. The molecule has 0 spiro atoms. The molecule has 1 aliphatic rings. The number of sulfonamides is 1. The molecule has 0 amide bonds. The van der Waals surface area contributed by atoms with Crippen LogP contribution in [0.3, 0.4) is 0 Å².